The van der Waals surface area contributed by atoms with Crippen molar-refractivity contribution in [1.29, 1.82) is 0 Å². The van der Waals surface area contributed by atoms with Crippen LogP contribution in [0, 0.1) is 0 Å². The second-order valence-electron chi connectivity index (χ2n) is 1.67. The van der Waals surface area contributed by atoms with Crippen molar-refractivity contribution in [1.82, 2.24) is 0 Å². The zero-order chi connectivity index (χ0) is 9.23. The Balaban J connectivity index is 2.90. The van der Waals surface area contributed by atoms with Crippen LogP contribution in [0.25, 0.3) is 0 Å². The summed E-state index contributed by atoms with van der Waals surface area (Å²) in [4.78, 5) is 19.3. The average molecular weight is 241 g/mol. The molecule has 0 saturated carbocycles. The molecule has 0 rings (SSSR count). The van der Waals surface area contributed by atoms with Gasteiger partial charge < -0.3 is 14.2 Å². The molecule has 0 radical (unpaired) electrons. The Hall–Kier alpha value is -0.620. The predicted octanol–water partition coefficient (Wildman–Crippen LogP) is 0.708. The maximum Gasteiger partial charge on any atom is 0.374 e. The first kappa shape index (κ1) is 11.4. The number of hydrogen-bond acceptors (Lipinski definition) is 5. The zero-order valence-corrected chi connectivity index (χ0v) is 7.91. The molecule has 0 bridgehead atoms. The molecule has 6 heteroatoms. The summed E-state index contributed by atoms with van der Waals surface area (Å²) in [6, 6.07) is 0. The van der Waals surface area contributed by atoms with Gasteiger partial charge in [0.15, 0.2) is 0 Å². The van der Waals surface area contributed by atoms with Crippen LogP contribution >= 0.6 is 15.9 Å². The molecular weight excluding hydrogens is 232 g/mol. The molecule has 0 amide bonds. The molecule has 0 saturated heterocycles. The van der Waals surface area contributed by atoms with Crippen molar-refractivity contribution in [2.45, 2.75) is 0 Å². The Labute approximate surface area is 78.1 Å². The highest BCUT2D eigenvalue weighted by molar-refractivity contribution is 9.18. The number of halogens is 1. The molecule has 0 spiro atoms. The van der Waals surface area contributed by atoms with Crippen LogP contribution in [0.4, 0.5) is 4.79 Å². The summed E-state index contributed by atoms with van der Waals surface area (Å²) < 4.78 is 13.7. The lowest BCUT2D eigenvalue weighted by Gasteiger charge is -2.02. The standard InChI is InChI=1S/C6H9BrO5/c7-6(9)12-4-3-10-1-2-11-5-8/h5H,1-4H2. The van der Waals surface area contributed by atoms with E-state index in [9.17, 15) is 9.59 Å². The molecule has 0 N–H and O–H groups in total. The van der Waals surface area contributed by atoms with Crippen LogP contribution in [0.2, 0.25) is 0 Å². The summed E-state index contributed by atoms with van der Waals surface area (Å²) in [5.74, 6) is 0. The van der Waals surface area contributed by atoms with Crippen LogP contribution in [-0.2, 0) is 19.0 Å². The van der Waals surface area contributed by atoms with E-state index in [0.29, 0.717) is 19.7 Å². The molecule has 5 nitrogen and oxygen atoms in total. The second-order valence-corrected chi connectivity index (χ2v) is 2.31. The van der Waals surface area contributed by atoms with Crippen LogP contribution in [0.5, 0.6) is 0 Å². The summed E-state index contributed by atoms with van der Waals surface area (Å²) in [5.41, 5.74) is 0. The normalized spacial score (nSPS) is 9.08. The molecular formula is C6H9BrO5. The van der Waals surface area contributed by atoms with E-state index in [1.54, 1.807) is 0 Å². The number of rotatable bonds is 7. The lowest BCUT2D eigenvalue weighted by molar-refractivity contribution is -0.130. The fourth-order valence-electron chi connectivity index (χ4n) is 0.438. The molecule has 0 heterocycles. The quantitative estimate of drug-likeness (QED) is 0.373. The van der Waals surface area contributed by atoms with Gasteiger partial charge in [-0.1, -0.05) is 0 Å². The van der Waals surface area contributed by atoms with Crippen LogP contribution in [0.15, 0.2) is 0 Å². The monoisotopic (exact) mass is 240 g/mol. The van der Waals surface area contributed by atoms with Crippen molar-refractivity contribution in [3.8, 4) is 0 Å². The average Bonchev–Trinajstić information content (AvgIpc) is 2.02. The van der Waals surface area contributed by atoms with Gasteiger partial charge in [0.25, 0.3) is 6.47 Å². The SMILES string of the molecule is O=COCCOCCOC(=O)Br. The van der Waals surface area contributed by atoms with Gasteiger partial charge in [-0.3, -0.25) is 4.79 Å². The zero-order valence-electron chi connectivity index (χ0n) is 6.32. The van der Waals surface area contributed by atoms with Crippen molar-refractivity contribution < 1.29 is 23.8 Å². The summed E-state index contributed by atoms with van der Waals surface area (Å²) in [7, 11) is 0. The minimum Gasteiger partial charge on any atom is -0.465 e. The predicted molar refractivity (Wildman–Crippen MR) is 43.1 cm³/mol. The van der Waals surface area contributed by atoms with Crippen LogP contribution < -0.4 is 0 Å². The van der Waals surface area contributed by atoms with E-state index in [-0.39, 0.29) is 13.2 Å². The molecule has 0 unspecified atom stereocenters. The third-order valence-corrected chi connectivity index (χ3v) is 1.09. The Morgan fingerprint density at radius 3 is 2.50 bits per heavy atom. The molecule has 0 atom stereocenters. The highest BCUT2D eigenvalue weighted by Crippen LogP contribution is 1.89. The van der Waals surface area contributed by atoms with Crippen LogP contribution in [0.1, 0.15) is 0 Å². The van der Waals surface area contributed by atoms with E-state index in [1.165, 1.54) is 0 Å². The summed E-state index contributed by atoms with van der Waals surface area (Å²) in [6.07, 6.45) is 0. The molecule has 0 aliphatic carbocycles. The van der Waals surface area contributed by atoms with E-state index in [1.807, 2.05) is 0 Å². The maximum absolute atomic E-state index is 10.1. The minimum atomic E-state index is -0.518. The number of hydrogen-bond donors (Lipinski definition) is 0. The summed E-state index contributed by atoms with van der Waals surface area (Å²) in [5, 5.41) is 0. The van der Waals surface area contributed by atoms with Crippen molar-refractivity contribution in [2.75, 3.05) is 26.4 Å². The van der Waals surface area contributed by atoms with Crippen molar-refractivity contribution in [2.24, 2.45) is 0 Å². The molecule has 0 aromatic rings. The Bertz CT molecular complexity index is 138. The van der Waals surface area contributed by atoms with Gasteiger partial charge in [-0.25, -0.2) is 4.79 Å². The molecule has 0 aliphatic rings. The molecule has 0 aromatic carbocycles. The van der Waals surface area contributed by atoms with Gasteiger partial charge in [-0.15, -0.1) is 0 Å². The first-order valence-corrected chi connectivity index (χ1v) is 4.02. The molecule has 70 valence electrons. The fourth-order valence-corrected chi connectivity index (χ4v) is 0.600. The topological polar surface area (TPSA) is 61.8 Å². The van der Waals surface area contributed by atoms with Gasteiger partial charge >= 0.3 is 4.88 Å². The van der Waals surface area contributed by atoms with Crippen molar-refractivity contribution in [3.63, 3.8) is 0 Å². The van der Waals surface area contributed by atoms with Crippen molar-refractivity contribution >= 4 is 27.3 Å². The summed E-state index contributed by atoms with van der Waals surface area (Å²) >= 11 is 2.58. The first-order chi connectivity index (χ1) is 5.77. The van der Waals surface area contributed by atoms with Crippen molar-refractivity contribution in [3.05, 3.63) is 0 Å². The molecule has 0 fully saturated rings. The maximum atomic E-state index is 10.1. The third-order valence-electron chi connectivity index (χ3n) is 0.857. The highest BCUT2D eigenvalue weighted by atomic mass is 79.9. The number of carbonyl (C=O) groups is 2. The number of carbonyl (C=O) groups excluding carboxylic acids is 2. The smallest absolute Gasteiger partial charge is 0.374 e. The van der Waals surface area contributed by atoms with Crippen LogP contribution in [0.3, 0.4) is 0 Å². The minimum absolute atomic E-state index is 0.186. The van der Waals surface area contributed by atoms with E-state index in [4.69, 9.17) is 4.74 Å². The Morgan fingerprint density at radius 2 is 1.92 bits per heavy atom. The number of ether oxygens (including phenoxy) is 3. The van der Waals surface area contributed by atoms with E-state index in [2.05, 4.69) is 25.4 Å². The van der Waals surface area contributed by atoms with Gasteiger partial charge in [0, 0.05) is 15.9 Å². The Morgan fingerprint density at radius 1 is 1.25 bits per heavy atom. The fraction of sp³-hybridized carbons (Fsp3) is 0.667. The lowest BCUT2D eigenvalue weighted by atomic mass is 10.7. The Kier molecular flexibility index (Phi) is 8.04. The highest BCUT2D eigenvalue weighted by Gasteiger charge is 1.93. The van der Waals surface area contributed by atoms with E-state index >= 15 is 0 Å². The van der Waals surface area contributed by atoms with Gasteiger partial charge in [0.2, 0.25) is 0 Å². The van der Waals surface area contributed by atoms with Gasteiger partial charge in [0.1, 0.15) is 13.2 Å². The van der Waals surface area contributed by atoms with Crippen LogP contribution in [-0.4, -0.2) is 37.8 Å². The second kappa shape index (κ2) is 8.48. The summed E-state index contributed by atoms with van der Waals surface area (Å²) in [6.45, 7) is 1.34. The molecule has 0 aliphatic heterocycles. The van der Waals surface area contributed by atoms with Gasteiger partial charge in [0.05, 0.1) is 13.2 Å². The van der Waals surface area contributed by atoms with E-state index < -0.39 is 4.88 Å². The molecule has 12 heavy (non-hydrogen) atoms. The van der Waals surface area contributed by atoms with E-state index in [0.717, 1.165) is 0 Å². The molecule has 0 aromatic heterocycles. The lowest BCUT2D eigenvalue weighted by Crippen LogP contribution is -2.09. The largest absolute Gasteiger partial charge is 0.465 e. The third kappa shape index (κ3) is 9.38. The van der Waals surface area contributed by atoms with Gasteiger partial charge in [-0.05, 0) is 0 Å². The first-order valence-electron chi connectivity index (χ1n) is 3.22. The van der Waals surface area contributed by atoms with Gasteiger partial charge in [-0.2, -0.15) is 0 Å².